The third kappa shape index (κ3) is 5.28. The maximum Gasteiger partial charge on any atom is 0.288 e. The van der Waals surface area contributed by atoms with Crippen LogP contribution in [0.5, 0.6) is 0 Å². The first-order chi connectivity index (χ1) is 9.06. The summed E-state index contributed by atoms with van der Waals surface area (Å²) in [7, 11) is 0. The van der Waals surface area contributed by atoms with E-state index in [1.54, 1.807) is 6.07 Å². The Labute approximate surface area is 123 Å². The lowest BCUT2D eigenvalue weighted by molar-refractivity contribution is -0.384. The normalized spacial score (nSPS) is 10.5. The van der Waals surface area contributed by atoms with Crippen molar-refractivity contribution in [3.8, 4) is 0 Å². The molecule has 0 aliphatic carbocycles. The Morgan fingerprint density at radius 1 is 1.37 bits per heavy atom. The van der Waals surface area contributed by atoms with E-state index >= 15 is 0 Å². The van der Waals surface area contributed by atoms with Gasteiger partial charge in [0, 0.05) is 18.3 Å². The molecule has 6 heteroatoms. The molecule has 0 unspecified atom stereocenters. The minimum absolute atomic E-state index is 0.0373. The van der Waals surface area contributed by atoms with Crippen molar-refractivity contribution < 1.29 is 4.92 Å². The van der Waals surface area contributed by atoms with Crippen molar-refractivity contribution in [2.45, 2.75) is 26.2 Å². The van der Waals surface area contributed by atoms with Gasteiger partial charge in [0.1, 0.15) is 5.02 Å². The number of aryl methyl sites for hydroxylation is 1. The molecule has 0 aliphatic heterocycles. The van der Waals surface area contributed by atoms with E-state index in [0.717, 1.165) is 24.2 Å². The topological polar surface area (TPSA) is 55.2 Å². The van der Waals surface area contributed by atoms with Crippen LogP contribution in [0, 0.1) is 17.0 Å². The Kier molecular flexibility index (Phi) is 7.02. The van der Waals surface area contributed by atoms with Crippen LogP contribution < -0.4 is 5.32 Å². The molecule has 1 rings (SSSR count). The number of thioether (sulfide) groups is 1. The summed E-state index contributed by atoms with van der Waals surface area (Å²) >= 11 is 7.76. The molecule has 4 nitrogen and oxygen atoms in total. The molecule has 1 aromatic carbocycles. The average Bonchev–Trinajstić information content (AvgIpc) is 2.36. The van der Waals surface area contributed by atoms with Gasteiger partial charge in [-0.3, -0.25) is 10.1 Å². The zero-order valence-electron chi connectivity index (χ0n) is 11.2. The lowest BCUT2D eigenvalue weighted by Crippen LogP contribution is -2.04. The number of anilines is 1. The van der Waals surface area contributed by atoms with Gasteiger partial charge in [-0.25, -0.2) is 0 Å². The van der Waals surface area contributed by atoms with Gasteiger partial charge in [0.25, 0.3) is 5.69 Å². The number of nitrogens with one attached hydrogen (secondary N) is 1. The van der Waals surface area contributed by atoms with E-state index in [1.807, 2.05) is 18.7 Å². The highest BCUT2D eigenvalue weighted by Gasteiger charge is 2.14. The first-order valence-corrected chi connectivity index (χ1v) is 8.00. The number of nitro groups is 1. The fraction of sp³-hybridized carbons (Fsp3) is 0.538. The number of hydrogen-bond donors (Lipinski definition) is 1. The summed E-state index contributed by atoms with van der Waals surface area (Å²) in [6.07, 6.45) is 5.62. The molecule has 0 aromatic heterocycles. The lowest BCUT2D eigenvalue weighted by atomic mass is 10.1. The van der Waals surface area contributed by atoms with Crippen molar-refractivity contribution in [3.63, 3.8) is 0 Å². The monoisotopic (exact) mass is 302 g/mol. The zero-order chi connectivity index (χ0) is 14.3. The van der Waals surface area contributed by atoms with Crippen molar-refractivity contribution in [3.05, 3.63) is 32.8 Å². The standard InChI is InChI=1S/C13H19ClN2O2S/c1-10-8-13(16(17)18)11(14)9-12(10)15-6-4-3-5-7-19-2/h8-9,15H,3-7H2,1-2H3. The van der Waals surface area contributed by atoms with Gasteiger partial charge >= 0.3 is 0 Å². The summed E-state index contributed by atoms with van der Waals surface area (Å²) < 4.78 is 0. The molecular formula is C13H19ClN2O2S. The van der Waals surface area contributed by atoms with Crippen LogP contribution in [0.2, 0.25) is 5.02 Å². The number of nitrogens with zero attached hydrogens (tertiary/aromatic N) is 1. The fourth-order valence-electron chi connectivity index (χ4n) is 1.77. The molecule has 19 heavy (non-hydrogen) atoms. The zero-order valence-corrected chi connectivity index (χ0v) is 12.8. The first-order valence-electron chi connectivity index (χ1n) is 6.23. The van der Waals surface area contributed by atoms with Crippen LogP contribution >= 0.6 is 23.4 Å². The SMILES string of the molecule is CSCCCCCNc1cc(Cl)c([N+](=O)[O-])cc1C. The van der Waals surface area contributed by atoms with E-state index in [1.165, 1.54) is 24.7 Å². The van der Waals surface area contributed by atoms with Crippen LogP contribution in [-0.4, -0.2) is 23.5 Å². The Morgan fingerprint density at radius 3 is 2.74 bits per heavy atom. The maximum atomic E-state index is 10.7. The highest BCUT2D eigenvalue weighted by Crippen LogP contribution is 2.30. The minimum Gasteiger partial charge on any atom is -0.385 e. The quantitative estimate of drug-likeness (QED) is 0.436. The van der Waals surface area contributed by atoms with Gasteiger partial charge in [-0.15, -0.1) is 0 Å². The number of rotatable bonds is 8. The van der Waals surface area contributed by atoms with Crippen LogP contribution in [0.1, 0.15) is 24.8 Å². The van der Waals surface area contributed by atoms with Gasteiger partial charge in [0.2, 0.25) is 0 Å². The highest BCUT2D eigenvalue weighted by atomic mass is 35.5. The van der Waals surface area contributed by atoms with E-state index in [2.05, 4.69) is 11.6 Å². The Morgan fingerprint density at radius 2 is 2.11 bits per heavy atom. The van der Waals surface area contributed by atoms with Crippen molar-refractivity contribution in [1.82, 2.24) is 0 Å². The predicted molar refractivity (Wildman–Crippen MR) is 83.6 cm³/mol. The van der Waals surface area contributed by atoms with E-state index in [-0.39, 0.29) is 10.7 Å². The van der Waals surface area contributed by atoms with Gasteiger partial charge in [-0.1, -0.05) is 18.0 Å². The van der Waals surface area contributed by atoms with Crippen LogP contribution in [0.25, 0.3) is 0 Å². The second-order valence-electron chi connectivity index (χ2n) is 4.36. The van der Waals surface area contributed by atoms with Crippen LogP contribution in [-0.2, 0) is 0 Å². The van der Waals surface area contributed by atoms with Crippen molar-refractivity contribution >= 4 is 34.7 Å². The third-order valence-corrected chi connectivity index (χ3v) is 3.83. The number of hydrogen-bond acceptors (Lipinski definition) is 4. The largest absolute Gasteiger partial charge is 0.385 e. The summed E-state index contributed by atoms with van der Waals surface area (Å²) in [5, 5.41) is 14.2. The van der Waals surface area contributed by atoms with E-state index < -0.39 is 4.92 Å². The first kappa shape index (κ1) is 16.1. The highest BCUT2D eigenvalue weighted by molar-refractivity contribution is 7.98. The second-order valence-corrected chi connectivity index (χ2v) is 5.75. The summed E-state index contributed by atoms with van der Waals surface area (Å²) in [5.74, 6) is 1.20. The van der Waals surface area contributed by atoms with E-state index in [9.17, 15) is 10.1 Å². The van der Waals surface area contributed by atoms with Crippen LogP contribution in [0.4, 0.5) is 11.4 Å². The van der Waals surface area contributed by atoms with Gasteiger partial charge < -0.3 is 5.32 Å². The molecule has 0 atom stereocenters. The van der Waals surface area contributed by atoms with E-state index in [0.29, 0.717) is 0 Å². The second kappa shape index (κ2) is 8.27. The average molecular weight is 303 g/mol. The van der Waals surface area contributed by atoms with Crippen molar-refractivity contribution in [1.29, 1.82) is 0 Å². The van der Waals surface area contributed by atoms with Crippen molar-refractivity contribution in [2.24, 2.45) is 0 Å². The number of nitro benzene ring substituents is 1. The molecule has 0 saturated carbocycles. The molecule has 0 saturated heterocycles. The number of benzene rings is 1. The molecule has 0 spiro atoms. The molecular weight excluding hydrogens is 284 g/mol. The Hall–Kier alpha value is -0.940. The molecule has 0 aliphatic rings. The Bertz CT molecular complexity index is 441. The molecule has 106 valence electrons. The van der Waals surface area contributed by atoms with Crippen molar-refractivity contribution in [2.75, 3.05) is 23.9 Å². The lowest BCUT2D eigenvalue weighted by Gasteiger charge is -2.10. The smallest absolute Gasteiger partial charge is 0.288 e. The molecule has 0 radical (unpaired) electrons. The Balaban J connectivity index is 2.50. The van der Waals surface area contributed by atoms with E-state index in [4.69, 9.17) is 11.6 Å². The van der Waals surface area contributed by atoms with Gasteiger partial charge in [0.05, 0.1) is 4.92 Å². The third-order valence-electron chi connectivity index (χ3n) is 2.83. The van der Waals surface area contributed by atoms with Crippen LogP contribution in [0.15, 0.2) is 12.1 Å². The molecule has 0 fully saturated rings. The molecule has 0 bridgehead atoms. The molecule has 0 amide bonds. The fourth-order valence-corrected chi connectivity index (χ4v) is 2.49. The summed E-state index contributed by atoms with van der Waals surface area (Å²) in [6.45, 7) is 2.71. The molecule has 1 N–H and O–H groups in total. The van der Waals surface area contributed by atoms with Gasteiger partial charge in [-0.2, -0.15) is 11.8 Å². The number of halogens is 1. The van der Waals surface area contributed by atoms with Crippen LogP contribution in [0.3, 0.4) is 0 Å². The summed E-state index contributed by atoms with van der Waals surface area (Å²) in [4.78, 5) is 10.3. The van der Waals surface area contributed by atoms with Gasteiger partial charge in [-0.05, 0) is 43.4 Å². The maximum absolute atomic E-state index is 10.7. The van der Waals surface area contributed by atoms with Gasteiger partial charge in [0.15, 0.2) is 0 Å². The summed E-state index contributed by atoms with van der Waals surface area (Å²) in [6, 6.07) is 3.15. The number of unbranched alkanes of at least 4 members (excludes halogenated alkanes) is 2. The minimum atomic E-state index is -0.457. The summed E-state index contributed by atoms with van der Waals surface area (Å²) in [5.41, 5.74) is 1.69. The molecule has 0 heterocycles. The predicted octanol–water partition coefficient (Wildman–Crippen LogP) is 4.50. The molecule has 1 aromatic rings.